The number of fused-ring (bicyclic) bond motifs is 1. The third kappa shape index (κ3) is 2.88. The Balaban J connectivity index is 2.00. The van der Waals surface area contributed by atoms with E-state index >= 15 is 0 Å². The minimum Gasteiger partial charge on any atom is -0.265 e. The maximum atomic E-state index is 12.5. The number of nitrogens with zero attached hydrogens (tertiary/aromatic N) is 3. The topological polar surface area (TPSA) is 64.8 Å². The van der Waals surface area contributed by atoms with E-state index in [1.807, 2.05) is 55.5 Å². The molecule has 3 aromatic heterocycles. The van der Waals surface area contributed by atoms with E-state index in [4.69, 9.17) is 0 Å². The predicted octanol–water partition coefficient (Wildman–Crippen LogP) is 3.88. The van der Waals surface area contributed by atoms with Gasteiger partial charge in [0, 0.05) is 35.2 Å². The van der Waals surface area contributed by atoms with Crippen LogP contribution in [0.2, 0.25) is 0 Å². The number of aromatic nitrogens is 3. The molecule has 0 saturated carbocycles. The van der Waals surface area contributed by atoms with Crippen LogP contribution < -0.4 is 0 Å². The van der Waals surface area contributed by atoms with Crippen LogP contribution in [-0.4, -0.2) is 28.6 Å². The highest BCUT2D eigenvalue weighted by Gasteiger charge is 2.18. The molecule has 1 aromatic carbocycles. The van der Waals surface area contributed by atoms with Crippen molar-refractivity contribution in [3.8, 4) is 22.4 Å². The first kappa shape index (κ1) is 16.5. The Morgan fingerprint density at radius 1 is 0.846 bits per heavy atom. The Morgan fingerprint density at radius 2 is 1.58 bits per heavy atom. The fraction of sp³-hybridized carbons (Fsp3) is 0.100. The predicted molar refractivity (Wildman–Crippen MR) is 103 cm³/mol. The van der Waals surface area contributed by atoms with Gasteiger partial charge in [0.25, 0.3) is 0 Å². The summed E-state index contributed by atoms with van der Waals surface area (Å²) in [5.41, 5.74) is 5.02. The van der Waals surface area contributed by atoms with Gasteiger partial charge >= 0.3 is 0 Å². The van der Waals surface area contributed by atoms with Gasteiger partial charge in [-0.15, -0.1) is 0 Å². The summed E-state index contributed by atoms with van der Waals surface area (Å²) < 4.78 is 26.4. The first-order chi connectivity index (χ1) is 12.4. The summed E-state index contributed by atoms with van der Waals surface area (Å²) >= 11 is 0. The van der Waals surface area contributed by atoms with Crippen molar-refractivity contribution in [3.63, 3.8) is 0 Å². The quantitative estimate of drug-likeness (QED) is 0.554. The molecule has 4 aromatic rings. The molecule has 0 unspecified atom stereocenters. The Bertz CT molecular complexity index is 1210. The van der Waals surface area contributed by atoms with E-state index in [0.717, 1.165) is 27.8 Å². The number of hydrogen-bond donors (Lipinski definition) is 0. The highest BCUT2D eigenvalue weighted by atomic mass is 32.2. The Morgan fingerprint density at radius 3 is 2.27 bits per heavy atom. The van der Waals surface area contributed by atoms with E-state index in [0.29, 0.717) is 11.2 Å². The molecule has 0 aliphatic heterocycles. The summed E-state index contributed by atoms with van der Waals surface area (Å²) in [4.78, 5) is 8.24. The average Bonchev–Trinajstić information content (AvgIpc) is 3.01. The van der Waals surface area contributed by atoms with Crippen LogP contribution in [0.5, 0.6) is 0 Å². The second-order valence-electron chi connectivity index (χ2n) is 6.25. The fourth-order valence-electron chi connectivity index (χ4n) is 3.18. The van der Waals surface area contributed by atoms with E-state index < -0.39 is 10.0 Å². The van der Waals surface area contributed by atoms with E-state index in [1.54, 1.807) is 18.6 Å². The lowest BCUT2D eigenvalue weighted by molar-refractivity contribution is 0.595. The summed E-state index contributed by atoms with van der Waals surface area (Å²) in [7, 11) is -3.47. The van der Waals surface area contributed by atoms with Crippen LogP contribution in [-0.2, 0) is 10.0 Å². The Kier molecular flexibility index (Phi) is 3.85. The van der Waals surface area contributed by atoms with Crippen molar-refractivity contribution in [1.29, 1.82) is 0 Å². The average molecular weight is 363 g/mol. The minimum absolute atomic E-state index is 0.639. The zero-order valence-corrected chi connectivity index (χ0v) is 15.2. The van der Waals surface area contributed by atoms with E-state index in [-0.39, 0.29) is 0 Å². The lowest BCUT2D eigenvalue weighted by Gasteiger charge is -2.09. The van der Waals surface area contributed by atoms with E-state index in [9.17, 15) is 8.42 Å². The molecule has 0 saturated heterocycles. The van der Waals surface area contributed by atoms with Crippen molar-refractivity contribution < 1.29 is 8.42 Å². The van der Waals surface area contributed by atoms with Gasteiger partial charge in [-0.2, -0.15) is 0 Å². The molecule has 6 heteroatoms. The molecule has 0 N–H and O–H groups in total. The van der Waals surface area contributed by atoms with Gasteiger partial charge in [-0.1, -0.05) is 6.07 Å². The summed E-state index contributed by atoms with van der Waals surface area (Å²) in [5, 5.41) is 0.870. The van der Waals surface area contributed by atoms with Crippen molar-refractivity contribution >= 4 is 20.9 Å². The van der Waals surface area contributed by atoms with Gasteiger partial charge in [-0.3, -0.25) is 9.97 Å². The van der Waals surface area contributed by atoms with Gasteiger partial charge in [0.15, 0.2) is 0 Å². The SMILES string of the molecule is Cc1cc(-c2cc3cc(-c4ccncc4)ccc3n2S(C)(=O)=O)ccn1. The van der Waals surface area contributed by atoms with Crippen LogP contribution in [0.15, 0.2) is 67.1 Å². The third-order valence-corrected chi connectivity index (χ3v) is 5.35. The molecule has 0 radical (unpaired) electrons. The van der Waals surface area contributed by atoms with Crippen molar-refractivity contribution in [2.75, 3.05) is 6.26 Å². The van der Waals surface area contributed by atoms with Crippen molar-refractivity contribution in [2.45, 2.75) is 6.92 Å². The molecule has 0 amide bonds. The lowest BCUT2D eigenvalue weighted by atomic mass is 10.1. The standard InChI is InChI=1S/C20H17N3O2S/c1-14-11-17(7-10-22-14)20-13-18-12-16(15-5-8-21-9-6-15)3-4-19(18)23(20)26(2,24)25/h3-13H,1-2H3. The number of hydrogen-bond acceptors (Lipinski definition) is 4. The first-order valence-electron chi connectivity index (χ1n) is 8.13. The highest BCUT2D eigenvalue weighted by molar-refractivity contribution is 7.89. The zero-order valence-electron chi connectivity index (χ0n) is 14.4. The van der Waals surface area contributed by atoms with E-state index in [2.05, 4.69) is 9.97 Å². The lowest BCUT2D eigenvalue weighted by Crippen LogP contribution is -2.11. The minimum atomic E-state index is -3.47. The third-order valence-electron chi connectivity index (χ3n) is 4.30. The molecule has 26 heavy (non-hydrogen) atoms. The van der Waals surface area contributed by atoms with Gasteiger partial charge < -0.3 is 0 Å². The van der Waals surface area contributed by atoms with Crippen LogP contribution in [0.4, 0.5) is 0 Å². The molecule has 0 aliphatic rings. The van der Waals surface area contributed by atoms with E-state index in [1.165, 1.54) is 10.2 Å². The van der Waals surface area contributed by atoms with Crippen LogP contribution in [0.1, 0.15) is 5.69 Å². The number of pyridine rings is 2. The number of rotatable bonds is 3. The maximum Gasteiger partial charge on any atom is 0.236 e. The zero-order chi connectivity index (χ0) is 18.3. The van der Waals surface area contributed by atoms with Crippen LogP contribution >= 0.6 is 0 Å². The second-order valence-corrected chi connectivity index (χ2v) is 8.08. The normalized spacial score (nSPS) is 11.8. The van der Waals surface area contributed by atoms with Crippen LogP contribution in [0.25, 0.3) is 33.3 Å². The highest BCUT2D eigenvalue weighted by Crippen LogP contribution is 2.32. The Labute approximate surface area is 152 Å². The molecule has 0 bridgehead atoms. The van der Waals surface area contributed by atoms with Gasteiger partial charge in [0.05, 0.1) is 17.5 Å². The summed E-state index contributed by atoms with van der Waals surface area (Å²) in [6.45, 7) is 1.89. The number of benzene rings is 1. The largest absolute Gasteiger partial charge is 0.265 e. The molecule has 5 nitrogen and oxygen atoms in total. The molecular formula is C20H17N3O2S. The van der Waals surface area contributed by atoms with Gasteiger partial charge in [-0.25, -0.2) is 12.4 Å². The molecule has 0 spiro atoms. The Hall–Kier alpha value is -2.99. The molecular weight excluding hydrogens is 346 g/mol. The van der Waals surface area contributed by atoms with Crippen LogP contribution in [0.3, 0.4) is 0 Å². The fourth-order valence-corrected chi connectivity index (χ4v) is 4.22. The summed E-state index contributed by atoms with van der Waals surface area (Å²) in [6.07, 6.45) is 6.40. The molecule has 130 valence electrons. The van der Waals surface area contributed by atoms with Gasteiger partial charge in [0.2, 0.25) is 10.0 Å². The van der Waals surface area contributed by atoms with Crippen molar-refractivity contribution in [2.24, 2.45) is 0 Å². The summed E-state index contributed by atoms with van der Waals surface area (Å²) in [5.74, 6) is 0. The molecule has 0 aliphatic carbocycles. The summed E-state index contributed by atoms with van der Waals surface area (Å²) in [6, 6.07) is 15.3. The second kappa shape index (κ2) is 6.07. The molecule has 0 fully saturated rings. The monoisotopic (exact) mass is 363 g/mol. The number of aryl methyl sites for hydroxylation is 1. The smallest absolute Gasteiger partial charge is 0.236 e. The molecule has 0 atom stereocenters. The molecule has 3 heterocycles. The first-order valence-corrected chi connectivity index (χ1v) is 9.98. The molecule has 4 rings (SSSR count). The van der Waals surface area contributed by atoms with Gasteiger partial charge in [-0.05, 0) is 60.5 Å². The van der Waals surface area contributed by atoms with Crippen molar-refractivity contribution in [1.82, 2.24) is 13.9 Å². The van der Waals surface area contributed by atoms with Crippen LogP contribution in [0, 0.1) is 6.92 Å². The van der Waals surface area contributed by atoms with Crippen molar-refractivity contribution in [3.05, 3.63) is 72.8 Å². The van der Waals surface area contributed by atoms with Gasteiger partial charge in [0.1, 0.15) is 0 Å². The maximum absolute atomic E-state index is 12.5.